The second-order valence-electron chi connectivity index (χ2n) is 9.89. The zero-order chi connectivity index (χ0) is 25.4. The first-order valence-electron chi connectivity index (χ1n) is 12.4. The third-order valence-corrected chi connectivity index (χ3v) is 5.98. The molecule has 0 heterocycles. The standard InChI is InChI=1S/C30H39N3O2/c1-21(2)26-13-10-14-27(22(3)4)29(26)32-30(34)35-20-28(24-11-8-7-9-12-24)31-25-17-15-23(16-18-25)19-33(5)6/h7-18,21-22,28,31H,19-20H2,1-6H3,(H,32,34). The fourth-order valence-corrected chi connectivity index (χ4v) is 4.17. The Morgan fingerprint density at radius 2 is 1.43 bits per heavy atom. The lowest BCUT2D eigenvalue weighted by Gasteiger charge is -2.23. The van der Waals surface area contributed by atoms with Crippen LogP contribution in [-0.2, 0) is 11.3 Å². The molecule has 0 bridgehead atoms. The first-order valence-corrected chi connectivity index (χ1v) is 12.4. The fourth-order valence-electron chi connectivity index (χ4n) is 4.17. The van der Waals surface area contributed by atoms with Gasteiger partial charge >= 0.3 is 6.09 Å². The van der Waals surface area contributed by atoms with Crippen LogP contribution in [0, 0.1) is 0 Å². The van der Waals surface area contributed by atoms with Crippen molar-refractivity contribution < 1.29 is 9.53 Å². The molecule has 186 valence electrons. The largest absolute Gasteiger partial charge is 0.447 e. The van der Waals surface area contributed by atoms with Crippen molar-refractivity contribution in [3.05, 3.63) is 95.1 Å². The van der Waals surface area contributed by atoms with Crippen molar-refractivity contribution in [1.82, 2.24) is 4.90 Å². The number of hydrogen-bond donors (Lipinski definition) is 2. The number of rotatable bonds is 10. The highest BCUT2D eigenvalue weighted by atomic mass is 16.5. The first kappa shape index (κ1) is 26.3. The first-order chi connectivity index (χ1) is 16.7. The van der Waals surface area contributed by atoms with Crippen LogP contribution in [0.2, 0.25) is 0 Å². The van der Waals surface area contributed by atoms with Crippen molar-refractivity contribution in [1.29, 1.82) is 0 Å². The van der Waals surface area contributed by atoms with E-state index in [2.05, 4.69) is 99.8 Å². The predicted octanol–water partition coefficient (Wildman–Crippen LogP) is 7.40. The van der Waals surface area contributed by atoms with E-state index in [1.807, 2.05) is 30.3 Å². The molecule has 5 heteroatoms. The molecule has 3 aromatic carbocycles. The molecule has 1 unspecified atom stereocenters. The Balaban J connectivity index is 1.73. The number of nitrogens with one attached hydrogen (secondary N) is 2. The van der Waals surface area contributed by atoms with E-state index in [1.54, 1.807) is 0 Å². The number of hydrogen-bond acceptors (Lipinski definition) is 4. The second-order valence-corrected chi connectivity index (χ2v) is 9.89. The Morgan fingerprint density at radius 1 is 0.829 bits per heavy atom. The summed E-state index contributed by atoms with van der Waals surface area (Å²) in [5.74, 6) is 0.580. The molecule has 0 saturated heterocycles. The van der Waals surface area contributed by atoms with Gasteiger partial charge in [0, 0.05) is 12.2 Å². The van der Waals surface area contributed by atoms with Crippen molar-refractivity contribution in [2.45, 2.75) is 52.1 Å². The molecule has 0 fully saturated rings. The van der Waals surface area contributed by atoms with Gasteiger partial charge < -0.3 is 15.0 Å². The number of ether oxygens (including phenoxy) is 1. The molecule has 0 spiro atoms. The highest BCUT2D eigenvalue weighted by Gasteiger charge is 2.19. The summed E-state index contributed by atoms with van der Waals surface area (Å²) < 4.78 is 5.76. The highest BCUT2D eigenvalue weighted by Crippen LogP contribution is 2.32. The van der Waals surface area contributed by atoms with Crippen molar-refractivity contribution in [2.24, 2.45) is 0 Å². The summed E-state index contributed by atoms with van der Waals surface area (Å²) in [5, 5.41) is 6.58. The highest BCUT2D eigenvalue weighted by molar-refractivity contribution is 5.87. The third kappa shape index (κ3) is 7.59. The van der Waals surface area contributed by atoms with Crippen molar-refractivity contribution in [3.8, 4) is 0 Å². The van der Waals surface area contributed by atoms with Gasteiger partial charge in [0.15, 0.2) is 0 Å². The number of anilines is 2. The van der Waals surface area contributed by atoms with Gasteiger partial charge in [0.25, 0.3) is 0 Å². The minimum Gasteiger partial charge on any atom is -0.447 e. The van der Waals surface area contributed by atoms with Gasteiger partial charge in [0.2, 0.25) is 0 Å². The van der Waals surface area contributed by atoms with Crippen molar-refractivity contribution >= 4 is 17.5 Å². The molecule has 0 aliphatic rings. The molecule has 1 amide bonds. The minimum absolute atomic E-state index is 0.174. The summed E-state index contributed by atoms with van der Waals surface area (Å²) in [6, 6.07) is 24.5. The molecule has 0 aliphatic carbocycles. The average Bonchev–Trinajstić information content (AvgIpc) is 2.82. The molecular weight excluding hydrogens is 434 g/mol. The van der Waals surface area contributed by atoms with Crippen LogP contribution < -0.4 is 10.6 Å². The Kier molecular flexibility index (Phi) is 9.32. The van der Waals surface area contributed by atoms with Gasteiger partial charge in [0.1, 0.15) is 6.61 Å². The van der Waals surface area contributed by atoms with Crippen LogP contribution in [0.1, 0.15) is 67.8 Å². The number of carbonyl (C=O) groups excluding carboxylic acids is 1. The molecule has 35 heavy (non-hydrogen) atoms. The molecule has 1 atom stereocenters. The molecule has 0 saturated carbocycles. The summed E-state index contributed by atoms with van der Waals surface area (Å²) >= 11 is 0. The Bertz CT molecular complexity index is 1050. The topological polar surface area (TPSA) is 53.6 Å². The van der Waals surface area contributed by atoms with Crippen LogP contribution in [0.15, 0.2) is 72.8 Å². The second kappa shape index (κ2) is 12.4. The fraction of sp³-hybridized carbons (Fsp3) is 0.367. The number of carbonyl (C=O) groups is 1. The average molecular weight is 474 g/mol. The molecule has 5 nitrogen and oxygen atoms in total. The third-order valence-electron chi connectivity index (χ3n) is 5.98. The zero-order valence-electron chi connectivity index (χ0n) is 21.8. The SMILES string of the molecule is CC(C)c1cccc(C(C)C)c1NC(=O)OCC(Nc1ccc(CN(C)C)cc1)c1ccccc1. The van der Waals surface area contributed by atoms with Gasteiger partial charge in [0.05, 0.1) is 11.7 Å². The summed E-state index contributed by atoms with van der Waals surface area (Å²) in [7, 11) is 4.12. The smallest absolute Gasteiger partial charge is 0.411 e. The Hall–Kier alpha value is -3.31. The van der Waals surface area contributed by atoms with E-state index in [4.69, 9.17) is 4.74 Å². The van der Waals surface area contributed by atoms with Crippen molar-refractivity contribution in [2.75, 3.05) is 31.3 Å². The van der Waals surface area contributed by atoms with Gasteiger partial charge in [-0.2, -0.15) is 0 Å². The van der Waals surface area contributed by atoms with E-state index in [-0.39, 0.29) is 12.6 Å². The van der Waals surface area contributed by atoms with E-state index < -0.39 is 6.09 Å². The minimum atomic E-state index is -0.441. The number of para-hydroxylation sites is 1. The maximum absolute atomic E-state index is 12.9. The number of amides is 1. The maximum atomic E-state index is 12.9. The quantitative estimate of drug-likeness (QED) is 0.322. The molecule has 3 aromatic rings. The van der Waals surface area contributed by atoms with Gasteiger partial charge in [-0.15, -0.1) is 0 Å². The van der Waals surface area contributed by atoms with E-state index in [9.17, 15) is 4.79 Å². The van der Waals surface area contributed by atoms with Crippen LogP contribution in [0.25, 0.3) is 0 Å². The predicted molar refractivity (Wildman–Crippen MR) is 146 cm³/mol. The summed E-state index contributed by atoms with van der Waals surface area (Å²) in [5.41, 5.74) is 6.38. The number of benzene rings is 3. The zero-order valence-corrected chi connectivity index (χ0v) is 21.8. The van der Waals surface area contributed by atoms with E-state index in [1.165, 1.54) is 5.56 Å². The molecule has 2 N–H and O–H groups in total. The van der Waals surface area contributed by atoms with Crippen LogP contribution in [0.4, 0.5) is 16.2 Å². The monoisotopic (exact) mass is 473 g/mol. The molecular formula is C30H39N3O2. The van der Waals surface area contributed by atoms with Crippen molar-refractivity contribution in [3.63, 3.8) is 0 Å². The molecule has 0 aliphatic heterocycles. The van der Waals surface area contributed by atoms with Crippen LogP contribution in [0.3, 0.4) is 0 Å². The summed E-state index contributed by atoms with van der Waals surface area (Å²) in [6.45, 7) is 9.63. The summed E-state index contributed by atoms with van der Waals surface area (Å²) in [6.07, 6.45) is -0.441. The number of nitrogens with zero attached hydrogens (tertiary/aromatic N) is 1. The van der Waals surface area contributed by atoms with Crippen LogP contribution in [0.5, 0.6) is 0 Å². The van der Waals surface area contributed by atoms with E-state index >= 15 is 0 Å². The normalized spacial score (nSPS) is 12.1. The lowest BCUT2D eigenvalue weighted by molar-refractivity contribution is 0.156. The molecule has 0 aromatic heterocycles. The maximum Gasteiger partial charge on any atom is 0.411 e. The Labute approximate surface area is 210 Å². The lowest BCUT2D eigenvalue weighted by Crippen LogP contribution is -2.23. The van der Waals surface area contributed by atoms with Gasteiger partial charge in [-0.05, 0) is 60.3 Å². The van der Waals surface area contributed by atoms with E-state index in [0.717, 1.165) is 34.6 Å². The summed E-state index contributed by atoms with van der Waals surface area (Å²) in [4.78, 5) is 15.1. The Morgan fingerprint density at radius 3 is 1.97 bits per heavy atom. The van der Waals surface area contributed by atoms with E-state index in [0.29, 0.717) is 11.8 Å². The van der Waals surface area contributed by atoms with Crippen LogP contribution >= 0.6 is 0 Å². The molecule has 0 radical (unpaired) electrons. The van der Waals surface area contributed by atoms with Gasteiger partial charge in [-0.1, -0.05) is 88.4 Å². The van der Waals surface area contributed by atoms with Gasteiger partial charge in [-0.3, -0.25) is 5.32 Å². The lowest BCUT2D eigenvalue weighted by atomic mass is 9.93. The molecule has 3 rings (SSSR count). The van der Waals surface area contributed by atoms with Gasteiger partial charge in [-0.25, -0.2) is 4.79 Å². The van der Waals surface area contributed by atoms with Crippen LogP contribution in [-0.4, -0.2) is 31.7 Å².